The van der Waals surface area contributed by atoms with Crippen LogP contribution in [0.1, 0.15) is 16.8 Å². The van der Waals surface area contributed by atoms with E-state index in [1.54, 1.807) is 30.3 Å². The van der Waals surface area contributed by atoms with Crippen molar-refractivity contribution in [3.05, 3.63) is 60.2 Å². The van der Waals surface area contributed by atoms with E-state index in [0.29, 0.717) is 5.69 Å². The van der Waals surface area contributed by atoms with E-state index in [-0.39, 0.29) is 24.4 Å². The largest absolute Gasteiger partial charge is 0.573 e. The van der Waals surface area contributed by atoms with Gasteiger partial charge in [0.15, 0.2) is 0 Å². The van der Waals surface area contributed by atoms with Crippen molar-refractivity contribution in [1.29, 1.82) is 5.26 Å². The Morgan fingerprint density at radius 3 is 2.53 bits per heavy atom. The maximum Gasteiger partial charge on any atom is 0.573 e. The fourth-order valence-electron chi connectivity index (χ4n) is 3.60. The number of halogens is 3. The molecule has 1 aliphatic heterocycles. The molecule has 0 spiro atoms. The standard InChI is InChI=1S/C23H21F3N4O4/c1-29(22(33)15-6-5-9-19(11-15)34-23(24,25)26)14-20(31)30-13-16(10-18(30)12-27)21(32)28-17-7-3-2-4-8-17/h2-9,11,16,18H,10,13-14H2,1H3,(H,28,32). The number of anilines is 1. The minimum absolute atomic E-state index is 0.00661. The number of nitrogens with zero attached hydrogens (tertiary/aromatic N) is 3. The lowest BCUT2D eigenvalue weighted by Gasteiger charge is -2.24. The van der Waals surface area contributed by atoms with Gasteiger partial charge >= 0.3 is 6.36 Å². The highest BCUT2D eigenvalue weighted by Gasteiger charge is 2.39. The van der Waals surface area contributed by atoms with Gasteiger partial charge in [0.25, 0.3) is 5.91 Å². The first-order valence-electron chi connectivity index (χ1n) is 10.2. The molecule has 11 heteroatoms. The summed E-state index contributed by atoms with van der Waals surface area (Å²) in [7, 11) is 1.31. The number of hydrogen-bond acceptors (Lipinski definition) is 5. The third-order valence-electron chi connectivity index (χ3n) is 5.22. The predicted molar refractivity (Wildman–Crippen MR) is 114 cm³/mol. The summed E-state index contributed by atoms with van der Waals surface area (Å²) in [5.41, 5.74) is 0.489. The number of rotatable bonds is 6. The Hall–Kier alpha value is -4.07. The van der Waals surface area contributed by atoms with Gasteiger partial charge in [-0.15, -0.1) is 13.2 Å². The van der Waals surface area contributed by atoms with Crippen LogP contribution in [-0.2, 0) is 9.59 Å². The van der Waals surface area contributed by atoms with Gasteiger partial charge in [-0.05, 0) is 36.8 Å². The molecule has 2 atom stereocenters. The Balaban J connectivity index is 1.62. The Labute approximate surface area is 193 Å². The fraction of sp³-hybridized carbons (Fsp3) is 0.304. The molecule has 0 radical (unpaired) electrons. The van der Waals surface area contributed by atoms with Crippen molar-refractivity contribution in [2.75, 3.05) is 25.5 Å². The number of amides is 3. The highest BCUT2D eigenvalue weighted by Crippen LogP contribution is 2.26. The summed E-state index contributed by atoms with van der Waals surface area (Å²) >= 11 is 0. The number of para-hydroxylation sites is 1. The summed E-state index contributed by atoms with van der Waals surface area (Å²) in [4.78, 5) is 40.3. The molecule has 1 N–H and O–H groups in total. The monoisotopic (exact) mass is 474 g/mol. The number of likely N-dealkylation sites (tertiary alicyclic amines) is 1. The number of hydrogen-bond donors (Lipinski definition) is 1. The van der Waals surface area contributed by atoms with Crippen LogP contribution in [0.3, 0.4) is 0 Å². The van der Waals surface area contributed by atoms with Gasteiger partial charge in [-0.25, -0.2) is 0 Å². The van der Waals surface area contributed by atoms with Crippen LogP contribution in [-0.4, -0.2) is 60.1 Å². The minimum Gasteiger partial charge on any atom is -0.406 e. The summed E-state index contributed by atoms with van der Waals surface area (Å²) in [5.74, 6) is -2.75. The van der Waals surface area contributed by atoms with Crippen LogP contribution in [0.15, 0.2) is 54.6 Å². The molecule has 2 aromatic carbocycles. The van der Waals surface area contributed by atoms with Gasteiger partial charge in [0.1, 0.15) is 11.8 Å². The maximum atomic E-state index is 12.8. The first-order chi connectivity index (χ1) is 16.1. The van der Waals surface area contributed by atoms with Crippen LogP contribution in [0.4, 0.5) is 18.9 Å². The Morgan fingerprint density at radius 1 is 1.18 bits per heavy atom. The Bertz CT molecular complexity index is 1100. The number of nitrogens with one attached hydrogen (secondary N) is 1. The summed E-state index contributed by atoms with van der Waals surface area (Å²) in [6.45, 7) is -0.416. The molecule has 1 saturated heterocycles. The Kier molecular flexibility index (Phi) is 7.40. The number of likely N-dealkylation sites (N-methyl/N-ethyl adjacent to an activating group) is 1. The first kappa shape index (κ1) is 24.6. The van der Waals surface area contributed by atoms with Crippen LogP contribution in [0.25, 0.3) is 0 Å². The molecule has 1 heterocycles. The third-order valence-corrected chi connectivity index (χ3v) is 5.22. The highest BCUT2D eigenvalue weighted by molar-refractivity contribution is 5.97. The molecule has 1 aliphatic rings. The second-order valence-electron chi connectivity index (χ2n) is 7.72. The van der Waals surface area contributed by atoms with Gasteiger partial charge in [-0.1, -0.05) is 24.3 Å². The average molecular weight is 474 g/mol. The summed E-state index contributed by atoms with van der Waals surface area (Å²) < 4.78 is 41.1. The second-order valence-corrected chi connectivity index (χ2v) is 7.72. The minimum atomic E-state index is -4.91. The molecule has 0 bridgehead atoms. The zero-order valence-corrected chi connectivity index (χ0v) is 18.1. The lowest BCUT2D eigenvalue weighted by molar-refractivity contribution is -0.274. The summed E-state index contributed by atoms with van der Waals surface area (Å²) in [5, 5.41) is 12.2. The maximum absolute atomic E-state index is 12.8. The number of carbonyl (C=O) groups excluding carboxylic acids is 3. The van der Waals surface area contributed by atoms with E-state index >= 15 is 0 Å². The van der Waals surface area contributed by atoms with Crippen LogP contribution >= 0.6 is 0 Å². The number of benzene rings is 2. The van der Waals surface area contributed by atoms with E-state index in [1.807, 2.05) is 6.07 Å². The smallest absolute Gasteiger partial charge is 0.406 e. The molecule has 2 unspecified atom stereocenters. The number of alkyl halides is 3. The topological polar surface area (TPSA) is 103 Å². The molecule has 0 saturated carbocycles. The second kappa shape index (κ2) is 10.2. The van der Waals surface area contributed by atoms with Crippen molar-refractivity contribution in [1.82, 2.24) is 9.80 Å². The van der Waals surface area contributed by atoms with E-state index in [9.17, 15) is 32.8 Å². The van der Waals surface area contributed by atoms with Crippen molar-refractivity contribution < 1.29 is 32.3 Å². The van der Waals surface area contributed by atoms with Gasteiger partial charge in [-0.3, -0.25) is 14.4 Å². The van der Waals surface area contributed by atoms with Gasteiger partial charge in [0.05, 0.1) is 18.5 Å². The molecule has 2 aromatic rings. The number of ether oxygens (including phenoxy) is 1. The number of nitriles is 1. The lowest BCUT2D eigenvalue weighted by Crippen LogP contribution is -2.43. The van der Waals surface area contributed by atoms with Gasteiger partial charge < -0.3 is 19.9 Å². The van der Waals surface area contributed by atoms with E-state index in [1.165, 1.54) is 24.1 Å². The molecule has 34 heavy (non-hydrogen) atoms. The van der Waals surface area contributed by atoms with Crippen molar-refractivity contribution in [2.24, 2.45) is 5.92 Å². The first-order valence-corrected chi connectivity index (χ1v) is 10.2. The summed E-state index contributed by atoms with van der Waals surface area (Å²) in [6.07, 6.45) is -4.76. The number of carbonyl (C=O) groups is 3. The van der Waals surface area contributed by atoms with Crippen LogP contribution in [0.5, 0.6) is 5.75 Å². The molecule has 1 fully saturated rings. The lowest BCUT2D eigenvalue weighted by atomic mass is 10.1. The van der Waals surface area contributed by atoms with Crippen LogP contribution in [0.2, 0.25) is 0 Å². The fourth-order valence-corrected chi connectivity index (χ4v) is 3.60. The van der Waals surface area contributed by atoms with E-state index < -0.39 is 42.4 Å². The zero-order valence-electron chi connectivity index (χ0n) is 18.1. The highest BCUT2D eigenvalue weighted by atomic mass is 19.4. The molecule has 0 aliphatic carbocycles. The zero-order chi connectivity index (χ0) is 24.9. The van der Waals surface area contributed by atoms with Crippen molar-refractivity contribution in [3.63, 3.8) is 0 Å². The molecule has 3 amide bonds. The van der Waals surface area contributed by atoms with E-state index in [0.717, 1.165) is 17.0 Å². The quantitative estimate of drug-likeness (QED) is 0.694. The molecule has 3 rings (SSSR count). The molecule has 8 nitrogen and oxygen atoms in total. The van der Waals surface area contributed by atoms with E-state index in [4.69, 9.17) is 0 Å². The SMILES string of the molecule is CN(CC(=O)N1CC(C(=O)Nc2ccccc2)CC1C#N)C(=O)c1cccc(OC(F)(F)F)c1. The van der Waals surface area contributed by atoms with Gasteiger partial charge in [0, 0.05) is 24.8 Å². The normalized spacial score (nSPS) is 17.6. The van der Waals surface area contributed by atoms with Crippen LogP contribution in [0, 0.1) is 17.2 Å². The van der Waals surface area contributed by atoms with Crippen LogP contribution < -0.4 is 10.1 Å². The van der Waals surface area contributed by atoms with Gasteiger partial charge in [0.2, 0.25) is 11.8 Å². The average Bonchev–Trinajstić information content (AvgIpc) is 3.23. The van der Waals surface area contributed by atoms with Crippen molar-refractivity contribution >= 4 is 23.4 Å². The summed E-state index contributed by atoms with van der Waals surface area (Å²) in [6, 6.07) is 14.4. The third kappa shape index (κ3) is 6.25. The molecular formula is C23H21F3N4O4. The van der Waals surface area contributed by atoms with Gasteiger partial charge in [-0.2, -0.15) is 5.26 Å². The molecule has 0 aromatic heterocycles. The molecular weight excluding hydrogens is 453 g/mol. The van der Waals surface area contributed by atoms with Crippen molar-refractivity contribution in [3.8, 4) is 11.8 Å². The molecule has 178 valence electrons. The predicted octanol–water partition coefficient (Wildman–Crippen LogP) is 3.04. The van der Waals surface area contributed by atoms with Crippen molar-refractivity contribution in [2.45, 2.75) is 18.8 Å². The van der Waals surface area contributed by atoms with E-state index in [2.05, 4.69) is 10.1 Å². The Morgan fingerprint density at radius 2 is 1.88 bits per heavy atom.